The van der Waals surface area contributed by atoms with Crippen LogP contribution in [0.15, 0.2) is 36.7 Å². The normalized spacial score (nSPS) is 14.6. The Morgan fingerprint density at radius 3 is 3.00 bits per heavy atom. The van der Waals surface area contributed by atoms with Crippen LogP contribution in [0, 0.1) is 0 Å². The van der Waals surface area contributed by atoms with Gasteiger partial charge in [-0.2, -0.15) is 0 Å². The fourth-order valence-electron chi connectivity index (χ4n) is 2.30. The van der Waals surface area contributed by atoms with E-state index in [0.717, 1.165) is 5.56 Å². The number of pyridine rings is 1. The summed E-state index contributed by atoms with van der Waals surface area (Å²) in [6, 6.07) is 7.35. The zero-order valence-corrected chi connectivity index (χ0v) is 12.7. The topological polar surface area (TPSA) is 63.6 Å². The van der Waals surface area contributed by atoms with E-state index < -0.39 is 6.10 Å². The lowest BCUT2D eigenvalue weighted by Gasteiger charge is -2.21. The van der Waals surface area contributed by atoms with Crippen LogP contribution in [0.25, 0.3) is 0 Å². The van der Waals surface area contributed by atoms with Gasteiger partial charge in [-0.25, -0.2) is 0 Å². The lowest BCUT2D eigenvalue weighted by molar-refractivity contribution is 0.163. The van der Waals surface area contributed by atoms with Crippen molar-refractivity contribution in [1.29, 1.82) is 0 Å². The Hall–Kier alpha value is -1.82. The summed E-state index contributed by atoms with van der Waals surface area (Å²) in [5.74, 6) is 1.13. The number of aliphatic hydroxyl groups excluding tert-OH is 1. The predicted molar refractivity (Wildman–Crippen MR) is 83.3 cm³/mol. The van der Waals surface area contributed by atoms with E-state index in [4.69, 9.17) is 21.1 Å². The van der Waals surface area contributed by atoms with Crippen LogP contribution in [-0.4, -0.2) is 29.8 Å². The molecule has 0 aliphatic carbocycles. The largest absolute Gasteiger partial charge is 0.486 e. The standard InChI is InChI=1S/C16H17ClN2O3/c17-13-6-12(7-15-16(13)22-5-4-21-15)14(20)10-19-9-11-2-1-3-18-8-11/h1-3,6-8,14,19-20H,4-5,9-10H2. The number of aromatic nitrogens is 1. The van der Waals surface area contributed by atoms with Crippen LogP contribution in [0.4, 0.5) is 0 Å². The lowest BCUT2D eigenvalue weighted by atomic mass is 10.1. The Balaban J connectivity index is 1.62. The van der Waals surface area contributed by atoms with Gasteiger partial charge < -0.3 is 19.9 Å². The number of benzene rings is 1. The number of fused-ring (bicyclic) bond motifs is 1. The average Bonchev–Trinajstić information content (AvgIpc) is 2.56. The molecular formula is C16H17ClN2O3. The number of ether oxygens (including phenoxy) is 2. The molecule has 1 aliphatic rings. The Morgan fingerprint density at radius 1 is 1.32 bits per heavy atom. The molecule has 0 saturated carbocycles. The van der Waals surface area contributed by atoms with Crippen LogP contribution in [0.1, 0.15) is 17.2 Å². The monoisotopic (exact) mass is 320 g/mol. The smallest absolute Gasteiger partial charge is 0.179 e. The zero-order chi connectivity index (χ0) is 15.4. The van der Waals surface area contributed by atoms with Crippen molar-refractivity contribution in [2.75, 3.05) is 19.8 Å². The number of nitrogens with zero attached hydrogens (tertiary/aromatic N) is 1. The molecule has 0 bridgehead atoms. The summed E-state index contributed by atoms with van der Waals surface area (Å²) >= 11 is 6.18. The first-order valence-electron chi connectivity index (χ1n) is 7.11. The van der Waals surface area contributed by atoms with Gasteiger partial charge in [-0.15, -0.1) is 0 Å². The summed E-state index contributed by atoms with van der Waals surface area (Å²) in [5.41, 5.74) is 1.77. The third kappa shape index (κ3) is 3.50. The summed E-state index contributed by atoms with van der Waals surface area (Å²) in [7, 11) is 0. The molecular weight excluding hydrogens is 304 g/mol. The first kappa shape index (κ1) is 15.1. The second-order valence-electron chi connectivity index (χ2n) is 5.03. The molecule has 1 unspecified atom stereocenters. The first-order valence-corrected chi connectivity index (χ1v) is 7.48. The van der Waals surface area contributed by atoms with Gasteiger partial charge in [0.15, 0.2) is 11.5 Å². The number of halogens is 1. The maximum Gasteiger partial charge on any atom is 0.179 e. The van der Waals surface area contributed by atoms with Crippen molar-refractivity contribution < 1.29 is 14.6 Å². The Labute approximate surface area is 133 Å². The van der Waals surface area contributed by atoms with Gasteiger partial charge in [-0.3, -0.25) is 4.98 Å². The maximum atomic E-state index is 10.3. The third-order valence-electron chi connectivity index (χ3n) is 3.39. The Morgan fingerprint density at radius 2 is 2.18 bits per heavy atom. The van der Waals surface area contributed by atoms with Gasteiger partial charge in [0.05, 0.1) is 11.1 Å². The number of aliphatic hydroxyl groups is 1. The predicted octanol–water partition coefficient (Wildman–Crippen LogP) is 2.33. The zero-order valence-electron chi connectivity index (χ0n) is 12.0. The highest BCUT2D eigenvalue weighted by Gasteiger charge is 2.19. The van der Waals surface area contributed by atoms with E-state index in [1.165, 1.54) is 0 Å². The fraction of sp³-hybridized carbons (Fsp3) is 0.312. The number of rotatable bonds is 5. The van der Waals surface area contributed by atoms with Gasteiger partial charge >= 0.3 is 0 Å². The van der Waals surface area contributed by atoms with E-state index in [9.17, 15) is 5.11 Å². The van der Waals surface area contributed by atoms with Crippen molar-refractivity contribution in [3.8, 4) is 11.5 Å². The molecule has 0 fully saturated rings. The minimum absolute atomic E-state index is 0.408. The number of hydrogen-bond donors (Lipinski definition) is 2. The van der Waals surface area contributed by atoms with Crippen molar-refractivity contribution in [2.45, 2.75) is 12.6 Å². The van der Waals surface area contributed by atoms with Gasteiger partial charge in [-0.1, -0.05) is 17.7 Å². The molecule has 0 spiro atoms. The van der Waals surface area contributed by atoms with Crippen LogP contribution >= 0.6 is 11.6 Å². The molecule has 2 N–H and O–H groups in total. The van der Waals surface area contributed by atoms with Gasteiger partial charge in [-0.05, 0) is 29.3 Å². The molecule has 1 aromatic heterocycles. The molecule has 5 nitrogen and oxygen atoms in total. The van der Waals surface area contributed by atoms with E-state index in [1.54, 1.807) is 24.5 Å². The van der Waals surface area contributed by atoms with Crippen molar-refractivity contribution in [1.82, 2.24) is 10.3 Å². The van der Waals surface area contributed by atoms with E-state index in [0.29, 0.717) is 48.4 Å². The van der Waals surface area contributed by atoms with Crippen molar-refractivity contribution in [3.05, 3.63) is 52.8 Å². The molecule has 3 rings (SSSR count). The van der Waals surface area contributed by atoms with Gasteiger partial charge in [0.25, 0.3) is 0 Å². The highest BCUT2D eigenvalue weighted by Crippen LogP contribution is 2.39. The highest BCUT2D eigenvalue weighted by molar-refractivity contribution is 6.32. The second-order valence-corrected chi connectivity index (χ2v) is 5.44. The van der Waals surface area contributed by atoms with Crippen LogP contribution in [0.2, 0.25) is 5.02 Å². The van der Waals surface area contributed by atoms with Crippen molar-refractivity contribution in [2.24, 2.45) is 0 Å². The molecule has 1 atom stereocenters. The minimum atomic E-state index is -0.676. The summed E-state index contributed by atoms with van der Waals surface area (Å²) in [5, 5.41) is 13.9. The summed E-state index contributed by atoms with van der Waals surface area (Å²) in [4.78, 5) is 4.05. The quantitative estimate of drug-likeness (QED) is 0.885. The third-order valence-corrected chi connectivity index (χ3v) is 3.67. The number of hydrogen-bond acceptors (Lipinski definition) is 5. The molecule has 0 saturated heterocycles. The van der Waals surface area contributed by atoms with Crippen molar-refractivity contribution >= 4 is 11.6 Å². The second kappa shape index (κ2) is 6.96. The SMILES string of the molecule is OC(CNCc1cccnc1)c1cc(Cl)c2c(c1)OCCO2. The Bertz CT molecular complexity index is 637. The van der Waals surface area contributed by atoms with Gasteiger partial charge in [0.1, 0.15) is 13.2 Å². The molecule has 22 heavy (non-hydrogen) atoms. The molecule has 0 amide bonds. The molecule has 0 radical (unpaired) electrons. The average molecular weight is 321 g/mol. The van der Waals surface area contributed by atoms with Crippen molar-refractivity contribution in [3.63, 3.8) is 0 Å². The van der Waals surface area contributed by atoms with E-state index in [2.05, 4.69) is 10.3 Å². The maximum absolute atomic E-state index is 10.3. The number of nitrogens with one attached hydrogen (secondary N) is 1. The van der Waals surface area contributed by atoms with Crippen LogP contribution < -0.4 is 14.8 Å². The Kier molecular flexibility index (Phi) is 4.77. The van der Waals surface area contributed by atoms with Crippen LogP contribution in [0.5, 0.6) is 11.5 Å². The van der Waals surface area contributed by atoms with Gasteiger partial charge in [0.2, 0.25) is 0 Å². The summed E-state index contributed by atoms with van der Waals surface area (Å²) < 4.78 is 11.0. The fourth-order valence-corrected chi connectivity index (χ4v) is 2.57. The minimum Gasteiger partial charge on any atom is -0.486 e. The van der Waals surface area contributed by atoms with Crippen LogP contribution in [0.3, 0.4) is 0 Å². The molecule has 2 aromatic rings. The van der Waals surface area contributed by atoms with Gasteiger partial charge in [0, 0.05) is 25.5 Å². The van der Waals surface area contributed by atoms with Crippen LogP contribution in [-0.2, 0) is 6.54 Å². The first-order chi connectivity index (χ1) is 10.7. The molecule has 116 valence electrons. The summed E-state index contributed by atoms with van der Waals surface area (Å²) in [6.07, 6.45) is 2.85. The molecule has 1 aromatic carbocycles. The van der Waals surface area contributed by atoms with E-state index in [-0.39, 0.29) is 0 Å². The van der Waals surface area contributed by atoms with E-state index >= 15 is 0 Å². The summed E-state index contributed by atoms with van der Waals surface area (Å²) in [6.45, 7) is 2.03. The highest BCUT2D eigenvalue weighted by atomic mass is 35.5. The van der Waals surface area contributed by atoms with E-state index in [1.807, 2.05) is 12.1 Å². The molecule has 1 aliphatic heterocycles. The lowest BCUT2D eigenvalue weighted by Crippen LogP contribution is -2.22. The molecule has 6 heteroatoms. The molecule has 2 heterocycles.